The van der Waals surface area contributed by atoms with E-state index in [-0.39, 0.29) is 35.1 Å². The number of nitrogens with one attached hydrogen (secondary N) is 1. The average Bonchev–Trinajstić information content (AvgIpc) is 2.83. The normalized spacial score (nSPS) is 22.7. The Morgan fingerprint density at radius 2 is 1.91 bits per heavy atom. The molecule has 5 rings (SSSR count). The van der Waals surface area contributed by atoms with Gasteiger partial charge in [-0.15, -0.1) is 0 Å². The number of aromatic nitrogens is 1. The van der Waals surface area contributed by atoms with E-state index in [1.165, 1.54) is 24.3 Å². The maximum Gasteiger partial charge on any atom is 0.310 e. The van der Waals surface area contributed by atoms with Gasteiger partial charge >= 0.3 is 5.92 Å². The van der Waals surface area contributed by atoms with E-state index < -0.39 is 35.9 Å². The number of aliphatic imine (C=N–C) groups is 1. The lowest BCUT2D eigenvalue weighted by Crippen LogP contribution is -2.55. The van der Waals surface area contributed by atoms with Gasteiger partial charge < -0.3 is 20.5 Å². The zero-order valence-corrected chi connectivity index (χ0v) is 17.7. The highest BCUT2D eigenvalue weighted by atomic mass is 19.3. The Morgan fingerprint density at radius 1 is 1.12 bits per heavy atom. The summed E-state index contributed by atoms with van der Waals surface area (Å²) in [5.74, 6) is -4.44. The first-order valence-corrected chi connectivity index (χ1v) is 10.4. The minimum Gasteiger partial charge on any atom is -0.485 e. The lowest BCUT2D eigenvalue weighted by atomic mass is 9.75. The van der Waals surface area contributed by atoms with Crippen molar-refractivity contribution in [2.75, 3.05) is 11.9 Å². The number of rotatable bonds is 3. The minimum atomic E-state index is -3.41. The second-order valence-corrected chi connectivity index (χ2v) is 8.05. The topological polar surface area (TPSA) is 98.8 Å². The van der Waals surface area contributed by atoms with Gasteiger partial charge in [-0.05, 0) is 35.9 Å². The first kappa shape index (κ1) is 21.7. The first-order valence-electron chi connectivity index (χ1n) is 10.4. The van der Waals surface area contributed by atoms with Crippen LogP contribution < -0.4 is 15.8 Å². The molecule has 0 saturated carbocycles. The van der Waals surface area contributed by atoms with Crippen molar-refractivity contribution in [3.8, 4) is 5.75 Å². The van der Waals surface area contributed by atoms with Gasteiger partial charge in [0.15, 0.2) is 12.1 Å². The molecule has 1 amide bonds. The third-order valence-corrected chi connectivity index (χ3v) is 5.87. The molecule has 2 unspecified atom stereocenters. The number of hydrogen-bond acceptors (Lipinski definition) is 6. The van der Waals surface area contributed by atoms with E-state index in [9.17, 15) is 9.18 Å². The molecule has 3 N–H and O–H groups in total. The van der Waals surface area contributed by atoms with Crippen molar-refractivity contribution in [1.29, 1.82) is 0 Å². The molecule has 1 aromatic heterocycles. The number of ether oxygens (including phenoxy) is 2. The molecule has 0 saturated heterocycles. The Hall–Kier alpha value is -4.08. The van der Waals surface area contributed by atoms with Crippen LogP contribution in [0.5, 0.6) is 5.75 Å². The number of hydrogen-bond donors (Lipinski definition) is 2. The molecule has 34 heavy (non-hydrogen) atoms. The van der Waals surface area contributed by atoms with Gasteiger partial charge in [0.05, 0.1) is 6.20 Å². The Morgan fingerprint density at radius 3 is 2.65 bits per heavy atom. The summed E-state index contributed by atoms with van der Waals surface area (Å²) >= 11 is 0. The number of pyridine rings is 1. The van der Waals surface area contributed by atoms with Crippen molar-refractivity contribution >= 4 is 17.6 Å². The van der Waals surface area contributed by atoms with Crippen LogP contribution in [0.25, 0.3) is 0 Å². The van der Waals surface area contributed by atoms with Gasteiger partial charge in [-0.1, -0.05) is 30.3 Å². The molecule has 2 aromatic carbocycles. The van der Waals surface area contributed by atoms with Crippen molar-refractivity contribution < 1.29 is 27.4 Å². The monoisotopic (exact) mass is 468 g/mol. The number of carbonyl (C=O) groups is 1. The zero-order chi connectivity index (χ0) is 23.9. The summed E-state index contributed by atoms with van der Waals surface area (Å²) in [6.45, 7) is -0.945. The fourth-order valence-electron chi connectivity index (χ4n) is 4.20. The number of nitrogens with zero attached hydrogens (tertiary/aromatic N) is 2. The molecule has 2 aliphatic heterocycles. The van der Waals surface area contributed by atoms with Crippen molar-refractivity contribution in [2.24, 2.45) is 10.7 Å². The number of amidine groups is 1. The highest BCUT2D eigenvalue weighted by molar-refractivity contribution is 6.02. The standard InChI is InChI=1S/C24H19F3N4O3/c25-15-6-8-18(29-12-15)21(32)30-16-7-9-19-17(10-16)23(24(26,27)13-33-22(28)31-23)11-20(34-19)14-4-2-1-3-5-14/h1-10,12,20H,11,13H2,(H2,28,31)(H,30,32). The van der Waals surface area contributed by atoms with E-state index in [1.807, 2.05) is 6.07 Å². The Kier molecular flexibility index (Phi) is 5.15. The summed E-state index contributed by atoms with van der Waals surface area (Å²) in [4.78, 5) is 20.4. The fourth-order valence-corrected chi connectivity index (χ4v) is 4.20. The molecule has 174 valence electrons. The van der Waals surface area contributed by atoms with Gasteiger partial charge in [-0.3, -0.25) is 4.79 Å². The maximum absolute atomic E-state index is 15.5. The molecule has 2 aliphatic rings. The van der Waals surface area contributed by atoms with Gasteiger partial charge in [0.25, 0.3) is 11.9 Å². The molecule has 0 aliphatic carbocycles. The van der Waals surface area contributed by atoms with Crippen LogP contribution in [0.2, 0.25) is 0 Å². The van der Waals surface area contributed by atoms with Crippen LogP contribution >= 0.6 is 0 Å². The Bertz CT molecular complexity index is 1270. The van der Waals surface area contributed by atoms with E-state index in [1.54, 1.807) is 24.3 Å². The van der Waals surface area contributed by atoms with Gasteiger partial charge in [0, 0.05) is 17.7 Å². The molecule has 10 heteroatoms. The number of nitrogens with two attached hydrogens (primary N) is 1. The van der Waals surface area contributed by atoms with E-state index in [2.05, 4.69) is 15.3 Å². The highest BCUT2D eigenvalue weighted by Crippen LogP contribution is 2.55. The predicted octanol–water partition coefficient (Wildman–Crippen LogP) is 4.17. The summed E-state index contributed by atoms with van der Waals surface area (Å²) in [5, 5.41) is 2.60. The number of halogens is 3. The number of anilines is 1. The van der Waals surface area contributed by atoms with Crippen molar-refractivity contribution in [3.63, 3.8) is 0 Å². The molecule has 0 radical (unpaired) electrons. The van der Waals surface area contributed by atoms with Gasteiger partial charge in [-0.25, -0.2) is 14.4 Å². The molecular weight excluding hydrogens is 449 g/mol. The van der Waals surface area contributed by atoms with E-state index in [0.717, 1.165) is 12.3 Å². The van der Waals surface area contributed by atoms with Crippen LogP contribution in [0.1, 0.15) is 34.1 Å². The average molecular weight is 468 g/mol. The van der Waals surface area contributed by atoms with E-state index in [0.29, 0.717) is 5.56 Å². The van der Waals surface area contributed by atoms with Crippen molar-refractivity contribution in [2.45, 2.75) is 24.0 Å². The summed E-state index contributed by atoms with van der Waals surface area (Å²) in [5.41, 5.74) is 4.65. The second kappa shape index (κ2) is 8.05. The smallest absolute Gasteiger partial charge is 0.310 e. The molecule has 3 aromatic rings. The molecule has 2 atom stereocenters. The molecule has 7 nitrogen and oxygen atoms in total. The number of carbonyl (C=O) groups excluding carboxylic acids is 1. The Balaban J connectivity index is 1.57. The number of amides is 1. The van der Waals surface area contributed by atoms with Gasteiger partial charge in [-0.2, -0.15) is 8.78 Å². The maximum atomic E-state index is 15.5. The van der Waals surface area contributed by atoms with Crippen LogP contribution in [0, 0.1) is 5.82 Å². The lowest BCUT2D eigenvalue weighted by molar-refractivity contribution is -0.139. The molecule has 1 spiro atoms. The van der Waals surface area contributed by atoms with Gasteiger partial charge in [0.1, 0.15) is 23.4 Å². The third-order valence-electron chi connectivity index (χ3n) is 5.87. The summed E-state index contributed by atoms with van der Waals surface area (Å²) in [7, 11) is 0. The summed E-state index contributed by atoms with van der Waals surface area (Å²) in [6.07, 6.45) is 0.00456. The number of alkyl halides is 2. The largest absolute Gasteiger partial charge is 0.485 e. The van der Waals surface area contributed by atoms with E-state index in [4.69, 9.17) is 15.2 Å². The highest BCUT2D eigenvalue weighted by Gasteiger charge is 2.62. The fraction of sp³-hybridized carbons (Fsp3) is 0.208. The van der Waals surface area contributed by atoms with Crippen LogP contribution in [0.4, 0.5) is 18.9 Å². The number of benzene rings is 2. The first-order chi connectivity index (χ1) is 16.3. The zero-order valence-electron chi connectivity index (χ0n) is 17.7. The van der Waals surface area contributed by atoms with Crippen molar-refractivity contribution in [3.05, 3.63) is 89.5 Å². The predicted molar refractivity (Wildman–Crippen MR) is 117 cm³/mol. The molecule has 0 fully saturated rings. The molecule has 3 heterocycles. The van der Waals surface area contributed by atoms with Crippen LogP contribution in [0.15, 0.2) is 71.9 Å². The molecular formula is C24H19F3N4O3. The van der Waals surface area contributed by atoms with Crippen molar-refractivity contribution in [1.82, 2.24) is 4.98 Å². The van der Waals surface area contributed by atoms with Crippen LogP contribution in [-0.2, 0) is 10.3 Å². The molecule has 0 bridgehead atoms. The minimum absolute atomic E-state index is 0.0344. The number of fused-ring (bicyclic) bond motifs is 2. The quantitative estimate of drug-likeness (QED) is 0.601. The Labute approximate surface area is 192 Å². The van der Waals surface area contributed by atoms with E-state index >= 15 is 8.78 Å². The van der Waals surface area contributed by atoms with Gasteiger partial charge in [0.2, 0.25) is 0 Å². The summed E-state index contributed by atoms with van der Waals surface area (Å²) < 4.78 is 55.1. The lowest BCUT2D eigenvalue weighted by Gasteiger charge is -2.45. The third kappa shape index (κ3) is 3.70. The van der Waals surface area contributed by atoms with Crippen LogP contribution in [0.3, 0.4) is 0 Å². The SMILES string of the molecule is NC1=NC2(CC(c3ccccc3)Oc3ccc(NC(=O)c4ccc(F)cn4)cc32)C(F)(F)CO1. The van der Waals surface area contributed by atoms with Crippen LogP contribution in [-0.4, -0.2) is 29.4 Å². The summed E-state index contributed by atoms with van der Waals surface area (Å²) in [6, 6.07) is 15.4. The second-order valence-electron chi connectivity index (χ2n) is 8.05.